The standard InChI is InChI=1S/C14H26N2O2S/c1-3-4-9-18-11-13(17)10-16-7-5-14(12-15,19-2)6-8-16/h13,17H,3-11H2,1-2H3. The van der Waals surface area contributed by atoms with E-state index in [9.17, 15) is 10.4 Å². The number of hydrogen-bond acceptors (Lipinski definition) is 5. The van der Waals surface area contributed by atoms with Gasteiger partial charge >= 0.3 is 0 Å². The molecule has 19 heavy (non-hydrogen) atoms. The third-order valence-corrected chi connectivity index (χ3v) is 4.96. The summed E-state index contributed by atoms with van der Waals surface area (Å²) in [5.74, 6) is 0. The lowest BCUT2D eigenvalue weighted by atomic mass is 9.97. The summed E-state index contributed by atoms with van der Waals surface area (Å²) in [7, 11) is 0. The zero-order valence-corrected chi connectivity index (χ0v) is 12.9. The molecule has 110 valence electrons. The largest absolute Gasteiger partial charge is 0.389 e. The van der Waals surface area contributed by atoms with Crippen molar-refractivity contribution < 1.29 is 9.84 Å². The Labute approximate surface area is 121 Å². The normalized spacial score (nSPS) is 20.9. The summed E-state index contributed by atoms with van der Waals surface area (Å²) < 4.78 is 5.22. The van der Waals surface area contributed by atoms with Crippen LogP contribution in [0, 0.1) is 11.3 Å². The van der Waals surface area contributed by atoms with Crippen molar-refractivity contribution in [1.29, 1.82) is 5.26 Å². The van der Waals surface area contributed by atoms with E-state index in [4.69, 9.17) is 4.74 Å². The van der Waals surface area contributed by atoms with Gasteiger partial charge in [0.05, 0.1) is 18.8 Å². The Kier molecular flexibility index (Phi) is 7.77. The number of ether oxygens (including phenoxy) is 1. The predicted molar refractivity (Wildman–Crippen MR) is 79.3 cm³/mol. The minimum absolute atomic E-state index is 0.209. The molecule has 0 saturated carbocycles. The Hall–Kier alpha value is -0.280. The van der Waals surface area contributed by atoms with Gasteiger partial charge in [-0.25, -0.2) is 0 Å². The summed E-state index contributed by atoms with van der Waals surface area (Å²) in [4.78, 5) is 2.24. The number of aliphatic hydroxyl groups is 1. The molecule has 1 aliphatic rings. The number of nitriles is 1. The summed E-state index contributed by atoms with van der Waals surface area (Å²) in [5, 5.41) is 19.1. The number of piperidine rings is 1. The van der Waals surface area contributed by atoms with Crippen LogP contribution in [0.25, 0.3) is 0 Å². The monoisotopic (exact) mass is 286 g/mol. The van der Waals surface area contributed by atoms with Crippen LogP contribution in [0.5, 0.6) is 0 Å². The predicted octanol–water partition coefficient (Wildman–Crippen LogP) is 1.89. The Balaban J connectivity index is 2.20. The minimum atomic E-state index is -0.416. The third kappa shape index (κ3) is 5.70. The molecular formula is C14H26N2O2S. The number of nitrogens with zero attached hydrogens (tertiary/aromatic N) is 2. The highest BCUT2D eigenvalue weighted by Gasteiger charge is 2.34. The average Bonchev–Trinajstić information content (AvgIpc) is 2.45. The molecular weight excluding hydrogens is 260 g/mol. The summed E-state index contributed by atoms with van der Waals surface area (Å²) in [5.41, 5.74) is 0. The summed E-state index contributed by atoms with van der Waals surface area (Å²) in [6.45, 7) is 5.71. The van der Waals surface area contributed by atoms with E-state index in [2.05, 4.69) is 17.9 Å². The van der Waals surface area contributed by atoms with E-state index < -0.39 is 6.10 Å². The van der Waals surface area contributed by atoms with Gasteiger partial charge < -0.3 is 14.7 Å². The lowest BCUT2D eigenvalue weighted by molar-refractivity contribution is 0.0121. The van der Waals surface area contributed by atoms with Crippen molar-refractivity contribution in [1.82, 2.24) is 4.90 Å². The van der Waals surface area contributed by atoms with Crippen molar-refractivity contribution in [3.8, 4) is 6.07 Å². The molecule has 0 aromatic rings. The van der Waals surface area contributed by atoms with Crippen molar-refractivity contribution in [2.75, 3.05) is 39.1 Å². The van der Waals surface area contributed by atoms with Crippen molar-refractivity contribution >= 4 is 11.8 Å². The summed E-state index contributed by atoms with van der Waals surface area (Å²) in [6.07, 6.45) is 5.53. The molecule has 1 unspecified atom stereocenters. The fraction of sp³-hybridized carbons (Fsp3) is 0.929. The van der Waals surface area contributed by atoms with Crippen LogP contribution in [-0.4, -0.2) is 60.0 Å². The Morgan fingerprint density at radius 3 is 2.68 bits per heavy atom. The van der Waals surface area contributed by atoms with Gasteiger partial charge in [-0.1, -0.05) is 13.3 Å². The molecule has 1 heterocycles. The van der Waals surface area contributed by atoms with Crippen LogP contribution in [-0.2, 0) is 4.74 Å². The van der Waals surface area contributed by atoms with E-state index in [1.807, 2.05) is 6.26 Å². The van der Waals surface area contributed by atoms with Crippen LogP contribution in [0.15, 0.2) is 0 Å². The SMILES string of the molecule is CCCCOCC(O)CN1CCC(C#N)(SC)CC1. The number of aliphatic hydroxyl groups excluding tert-OH is 1. The third-order valence-electron chi connectivity index (χ3n) is 3.68. The molecule has 1 N–H and O–H groups in total. The molecule has 5 heteroatoms. The number of hydrogen-bond donors (Lipinski definition) is 1. The second kappa shape index (κ2) is 8.80. The number of unbranched alkanes of at least 4 members (excludes halogenated alkanes) is 1. The molecule has 1 aliphatic heterocycles. The van der Waals surface area contributed by atoms with Crippen molar-refractivity contribution in [2.24, 2.45) is 0 Å². The van der Waals surface area contributed by atoms with Gasteiger partial charge in [0.1, 0.15) is 4.75 Å². The van der Waals surface area contributed by atoms with E-state index in [1.54, 1.807) is 11.8 Å². The van der Waals surface area contributed by atoms with Gasteiger partial charge in [-0.05, 0) is 25.5 Å². The van der Waals surface area contributed by atoms with E-state index >= 15 is 0 Å². The van der Waals surface area contributed by atoms with Crippen LogP contribution in [0.3, 0.4) is 0 Å². The number of likely N-dealkylation sites (tertiary alicyclic amines) is 1. The minimum Gasteiger partial charge on any atom is -0.389 e. The first-order valence-electron chi connectivity index (χ1n) is 7.10. The van der Waals surface area contributed by atoms with Crippen molar-refractivity contribution in [2.45, 2.75) is 43.5 Å². The van der Waals surface area contributed by atoms with Gasteiger partial charge in [-0.15, -0.1) is 11.8 Å². The first-order chi connectivity index (χ1) is 9.15. The zero-order chi connectivity index (χ0) is 14.1. The van der Waals surface area contributed by atoms with Gasteiger partial charge in [0.25, 0.3) is 0 Å². The molecule has 0 amide bonds. The summed E-state index contributed by atoms with van der Waals surface area (Å²) >= 11 is 1.66. The maximum Gasteiger partial charge on any atom is 0.104 e. The highest BCUT2D eigenvalue weighted by atomic mass is 32.2. The molecule has 0 aromatic carbocycles. The molecule has 0 aliphatic carbocycles. The van der Waals surface area contributed by atoms with Crippen molar-refractivity contribution in [3.63, 3.8) is 0 Å². The maximum atomic E-state index is 9.91. The maximum absolute atomic E-state index is 9.91. The molecule has 0 bridgehead atoms. The Morgan fingerprint density at radius 1 is 1.47 bits per heavy atom. The van der Waals surface area contributed by atoms with Crippen LogP contribution in [0.4, 0.5) is 0 Å². The molecule has 0 radical (unpaired) electrons. The van der Waals surface area contributed by atoms with Gasteiger partial charge in [-0.2, -0.15) is 5.26 Å². The summed E-state index contributed by atoms with van der Waals surface area (Å²) in [6, 6.07) is 2.44. The first-order valence-corrected chi connectivity index (χ1v) is 8.33. The van der Waals surface area contributed by atoms with Crippen LogP contribution in [0.2, 0.25) is 0 Å². The van der Waals surface area contributed by atoms with E-state index in [1.165, 1.54) is 0 Å². The Morgan fingerprint density at radius 2 is 2.16 bits per heavy atom. The number of thioether (sulfide) groups is 1. The second-order valence-electron chi connectivity index (χ2n) is 5.19. The second-order valence-corrected chi connectivity index (χ2v) is 6.38. The molecule has 1 fully saturated rings. The van der Waals surface area contributed by atoms with Crippen molar-refractivity contribution in [3.05, 3.63) is 0 Å². The quantitative estimate of drug-likeness (QED) is 0.691. The fourth-order valence-corrected chi connectivity index (χ4v) is 2.96. The zero-order valence-electron chi connectivity index (χ0n) is 12.1. The molecule has 1 atom stereocenters. The highest BCUT2D eigenvalue weighted by molar-refractivity contribution is 8.00. The van der Waals surface area contributed by atoms with Crippen LogP contribution >= 0.6 is 11.8 Å². The van der Waals surface area contributed by atoms with E-state index in [0.29, 0.717) is 13.2 Å². The van der Waals surface area contributed by atoms with Crippen LogP contribution < -0.4 is 0 Å². The molecule has 1 saturated heterocycles. The smallest absolute Gasteiger partial charge is 0.104 e. The van der Waals surface area contributed by atoms with Gasteiger partial charge in [0, 0.05) is 26.2 Å². The number of β-amino-alcohol motifs (C(OH)–C–C–N with tert-alkyl or cyclic N) is 1. The highest BCUT2D eigenvalue weighted by Crippen LogP contribution is 2.33. The number of rotatable bonds is 8. The molecule has 4 nitrogen and oxygen atoms in total. The lowest BCUT2D eigenvalue weighted by Gasteiger charge is -2.36. The van der Waals surface area contributed by atoms with Gasteiger partial charge in [0.2, 0.25) is 0 Å². The molecule has 1 rings (SSSR count). The van der Waals surface area contributed by atoms with E-state index in [-0.39, 0.29) is 4.75 Å². The average molecular weight is 286 g/mol. The fourth-order valence-electron chi connectivity index (χ4n) is 2.27. The topological polar surface area (TPSA) is 56.5 Å². The molecule has 0 aromatic heterocycles. The lowest BCUT2D eigenvalue weighted by Crippen LogP contribution is -2.45. The van der Waals surface area contributed by atoms with Gasteiger partial charge in [0.15, 0.2) is 0 Å². The first kappa shape index (κ1) is 16.8. The van der Waals surface area contributed by atoms with Gasteiger partial charge in [-0.3, -0.25) is 0 Å². The Bertz CT molecular complexity index is 286. The van der Waals surface area contributed by atoms with E-state index in [0.717, 1.165) is 45.4 Å². The van der Waals surface area contributed by atoms with Crippen LogP contribution in [0.1, 0.15) is 32.6 Å². The molecule has 0 spiro atoms.